The molecule has 0 saturated carbocycles. The Morgan fingerprint density at radius 3 is 2.80 bits per heavy atom. The molecule has 0 bridgehead atoms. The van der Waals surface area contributed by atoms with Crippen molar-refractivity contribution in [3.8, 4) is 0 Å². The standard InChI is InChI=1S/C12H21N3/c1-3-10(2)15-6-4-11(5-7-15)12-8-13-9-14-12/h8-11H,3-7H2,1-2H3,(H,13,14). The predicted octanol–water partition coefficient (Wildman–Crippen LogP) is 2.39. The molecule has 0 amide bonds. The highest BCUT2D eigenvalue weighted by Gasteiger charge is 2.23. The van der Waals surface area contributed by atoms with E-state index in [1.165, 1.54) is 38.0 Å². The van der Waals surface area contributed by atoms with Crippen LogP contribution in [0.2, 0.25) is 0 Å². The lowest BCUT2D eigenvalue weighted by Gasteiger charge is -2.35. The van der Waals surface area contributed by atoms with Gasteiger partial charge < -0.3 is 9.88 Å². The molecule has 3 heteroatoms. The molecule has 1 N–H and O–H groups in total. The van der Waals surface area contributed by atoms with Crippen molar-refractivity contribution < 1.29 is 0 Å². The van der Waals surface area contributed by atoms with Gasteiger partial charge in [0.25, 0.3) is 0 Å². The summed E-state index contributed by atoms with van der Waals surface area (Å²) < 4.78 is 0. The van der Waals surface area contributed by atoms with E-state index in [0.717, 1.165) is 6.04 Å². The summed E-state index contributed by atoms with van der Waals surface area (Å²) in [5, 5.41) is 0. The first-order valence-electron chi connectivity index (χ1n) is 6.03. The van der Waals surface area contributed by atoms with Crippen LogP contribution in [-0.4, -0.2) is 34.0 Å². The zero-order valence-electron chi connectivity index (χ0n) is 9.74. The highest BCUT2D eigenvalue weighted by Crippen LogP contribution is 2.27. The van der Waals surface area contributed by atoms with Gasteiger partial charge >= 0.3 is 0 Å². The molecule has 1 fully saturated rings. The number of aromatic amines is 1. The monoisotopic (exact) mass is 207 g/mol. The number of piperidine rings is 1. The van der Waals surface area contributed by atoms with Gasteiger partial charge in [0.05, 0.1) is 6.33 Å². The topological polar surface area (TPSA) is 31.9 Å². The summed E-state index contributed by atoms with van der Waals surface area (Å²) >= 11 is 0. The van der Waals surface area contributed by atoms with Gasteiger partial charge in [0.2, 0.25) is 0 Å². The molecule has 1 atom stereocenters. The van der Waals surface area contributed by atoms with E-state index in [1.807, 2.05) is 6.20 Å². The second-order valence-corrected chi connectivity index (χ2v) is 4.57. The van der Waals surface area contributed by atoms with Crippen molar-refractivity contribution in [2.45, 2.75) is 45.1 Å². The Kier molecular flexibility index (Phi) is 3.41. The molecule has 0 aromatic carbocycles. The third kappa shape index (κ3) is 2.40. The van der Waals surface area contributed by atoms with Crippen molar-refractivity contribution in [3.63, 3.8) is 0 Å². The molecule has 84 valence electrons. The first kappa shape index (κ1) is 10.7. The van der Waals surface area contributed by atoms with Crippen molar-refractivity contribution >= 4 is 0 Å². The highest BCUT2D eigenvalue weighted by atomic mass is 15.2. The Morgan fingerprint density at radius 2 is 2.27 bits per heavy atom. The molecule has 0 radical (unpaired) electrons. The number of H-pyrrole nitrogens is 1. The maximum Gasteiger partial charge on any atom is 0.0921 e. The van der Waals surface area contributed by atoms with Crippen LogP contribution in [0.25, 0.3) is 0 Å². The third-order valence-electron chi connectivity index (χ3n) is 3.70. The smallest absolute Gasteiger partial charge is 0.0921 e. The third-order valence-corrected chi connectivity index (χ3v) is 3.70. The SMILES string of the molecule is CCC(C)N1CCC(c2cnc[nH]2)CC1. The van der Waals surface area contributed by atoms with Crippen molar-refractivity contribution in [1.29, 1.82) is 0 Å². The summed E-state index contributed by atoms with van der Waals surface area (Å²) in [6.45, 7) is 7.07. The number of nitrogens with zero attached hydrogens (tertiary/aromatic N) is 2. The molecule has 0 spiro atoms. The quantitative estimate of drug-likeness (QED) is 0.825. The van der Waals surface area contributed by atoms with Crippen LogP contribution in [0.5, 0.6) is 0 Å². The van der Waals surface area contributed by atoms with Crippen LogP contribution in [0, 0.1) is 0 Å². The molecule has 1 aromatic rings. The van der Waals surface area contributed by atoms with Crippen molar-refractivity contribution in [3.05, 3.63) is 18.2 Å². The molecule has 1 unspecified atom stereocenters. The molecule has 1 aromatic heterocycles. The number of imidazole rings is 1. The molecular weight excluding hydrogens is 186 g/mol. The van der Waals surface area contributed by atoms with Crippen LogP contribution in [0.3, 0.4) is 0 Å². The van der Waals surface area contributed by atoms with Crippen LogP contribution in [0.15, 0.2) is 12.5 Å². The van der Waals surface area contributed by atoms with E-state index in [0.29, 0.717) is 5.92 Å². The van der Waals surface area contributed by atoms with Gasteiger partial charge in [0.15, 0.2) is 0 Å². The molecule has 1 aliphatic rings. The number of likely N-dealkylation sites (tertiary alicyclic amines) is 1. The van der Waals surface area contributed by atoms with Gasteiger partial charge in [-0.15, -0.1) is 0 Å². The zero-order chi connectivity index (χ0) is 10.7. The first-order chi connectivity index (χ1) is 7.31. The normalized spacial score (nSPS) is 21.7. The Morgan fingerprint density at radius 1 is 1.53 bits per heavy atom. The number of rotatable bonds is 3. The van der Waals surface area contributed by atoms with Crippen LogP contribution in [0.4, 0.5) is 0 Å². The minimum atomic E-state index is 0.702. The van der Waals surface area contributed by atoms with E-state index in [4.69, 9.17) is 0 Å². The lowest BCUT2D eigenvalue weighted by Crippen LogP contribution is -2.39. The fraction of sp³-hybridized carbons (Fsp3) is 0.750. The molecule has 1 saturated heterocycles. The van der Waals surface area contributed by atoms with E-state index in [1.54, 1.807) is 6.33 Å². The highest BCUT2D eigenvalue weighted by molar-refractivity contribution is 5.05. The van der Waals surface area contributed by atoms with Crippen molar-refractivity contribution in [2.75, 3.05) is 13.1 Å². The minimum absolute atomic E-state index is 0.702. The van der Waals surface area contributed by atoms with Gasteiger partial charge in [-0.2, -0.15) is 0 Å². The summed E-state index contributed by atoms with van der Waals surface area (Å²) in [4.78, 5) is 9.94. The number of hydrogen-bond donors (Lipinski definition) is 1. The summed E-state index contributed by atoms with van der Waals surface area (Å²) in [5.74, 6) is 0.702. The Hall–Kier alpha value is -0.830. The summed E-state index contributed by atoms with van der Waals surface area (Å²) in [6, 6.07) is 0.743. The van der Waals surface area contributed by atoms with Gasteiger partial charge in [-0.3, -0.25) is 0 Å². The maximum absolute atomic E-state index is 4.10. The van der Waals surface area contributed by atoms with E-state index < -0.39 is 0 Å². The van der Waals surface area contributed by atoms with Gasteiger partial charge in [0.1, 0.15) is 0 Å². The predicted molar refractivity (Wildman–Crippen MR) is 61.9 cm³/mol. The van der Waals surface area contributed by atoms with Gasteiger partial charge in [-0.05, 0) is 39.3 Å². The molecule has 2 heterocycles. The molecular formula is C12H21N3. The fourth-order valence-electron chi connectivity index (χ4n) is 2.40. The number of aromatic nitrogens is 2. The molecule has 0 aliphatic carbocycles. The van der Waals surface area contributed by atoms with Crippen molar-refractivity contribution in [1.82, 2.24) is 14.9 Å². The summed E-state index contributed by atoms with van der Waals surface area (Å²) in [5.41, 5.74) is 1.32. The van der Waals surface area contributed by atoms with E-state index in [-0.39, 0.29) is 0 Å². The van der Waals surface area contributed by atoms with Gasteiger partial charge in [-0.1, -0.05) is 6.92 Å². The van der Waals surface area contributed by atoms with E-state index in [9.17, 15) is 0 Å². The fourth-order valence-corrected chi connectivity index (χ4v) is 2.40. The number of hydrogen-bond acceptors (Lipinski definition) is 2. The molecule has 3 nitrogen and oxygen atoms in total. The van der Waals surface area contributed by atoms with E-state index >= 15 is 0 Å². The van der Waals surface area contributed by atoms with Crippen molar-refractivity contribution in [2.24, 2.45) is 0 Å². The minimum Gasteiger partial charge on any atom is -0.348 e. The second-order valence-electron chi connectivity index (χ2n) is 4.57. The maximum atomic E-state index is 4.10. The second kappa shape index (κ2) is 4.79. The van der Waals surface area contributed by atoms with E-state index in [2.05, 4.69) is 28.7 Å². The average Bonchev–Trinajstić information content (AvgIpc) is 2.82. The summed E-state index contributed by atoms with van der Waals surface area (Å²) in [7, 11) is 0. The Labute approximate surface area is 91.9 Å². The summed E-state index contributed by atoms with van der Waals surface area (Å²) in [6.07, 6.45) is 7.56. The Bertz CT molecular complexity index is 273. The molecule has 15 heavy (non-hydrogen) atoms. The lowest BCUT2D eigenvalue weighted by molar-refractivity contribution is 0.157. The van der Waals surface area contributed by atoms with Crippen LogP contribution < -0.4 is 0 Å². The van der Waals surface area contributed by atoms with Gasteiger partial charge in [-0.25, -0.2) is 4.98 Å². The van der Waals surface area contributed by atoms with Crippen LogP contribution in [-0.2, 0) is 0 Å². The van der Waals surface area contributed by atoms with Gasteiger partial charge in [0, 0.05) is 23.9 Å². The number of nitrogens with one attached hydrogen (secondary N) is 1. The Balaban J connectivity index is 1.87. The molecule has 2 rings (SSSR count). The lowest BCUT2D eigenvalue weighted by atomic mass is 9.93. The van der Waals surface area contributed by atoms with Crippen LogP contribution >= 0.6 is 0 Å². The van der Waals surface area contributed by atoms with Crippen LogP contribution in [0.1, 0.15) is 44.7 Å². The largest absolute Gasteiger partial charge is 0.348 e. The average molecular weight is 207 g/mol. The first-order valence-corrected chi connectivity index (χ1v) is 6.03. The molecule has 1 aliphatic heterocycles. The zero-order valence-corrected chi connectivity index (χ0v) is 9.74.